The highest BCUT2D eigenvalue weighted by Crippen LogP contribution is 2.48. The Kier molecular flexibility index (Phi) is 3.81. The average molecular weight is 298 g/mol. The second-order valence-corrected chi connectivity index (χ2v) is 7.92. The summed E-state index contributed by atoms with van der Waals surface area (Å²) < 4.78 is 28.9. The standard InChI is InChI=1S/C13H22N4O2S/c1-2-17-9-14-16-13(17)7-15-20(18,19)8-12-6-10-3-4-11(12)5-10/h9-12,15H,2-8H2,1H3. The molecule has 0 spiro atoms. The summed E-state index contributed by atoms with van der Waals surface area (Å²) in [5.41, 5.74) is 0. The third kappa shape index (κ3) is 2.88. The molecule has 2 aliphatic carbocycles. The van der Waals surface area contributed by atoms with Gasteiger partial charge in [-0.05, 0) is 43.9 Å². The van der Waals surface area contributed by atoms with Gasteiger partial charge in [-0.2, -0.15) is 0 Å². The Balaban J connectivity index is 1.56. The molecule has 6 nitrogen and oxygen atoms in total. The van der Waals surface area contributed by atoms with Crippen LogP contribution >= 0.6 is 0 Å². The highest BCUT2D eigenvalue weighted by Gasteiger charge is 2.41. The molecule has 0 saturated heterocycles. The first-order chi connectivity index (χ1) is 9.57. The van der Waals surface area contributed by atoms with Crippen LogP contribution < -0.4 is 4.72 Å². The number of aryl methyl sites for hydroxylation is 1. The van der Waals surface area contributed by atoms with Gasteiger partial charge in [0.1, 0.15) is 12.2 Å². The van der Waals surface area contributed by atoms with Crippen molar-refractivity contribution in [1.82, 2.24) is 19.5 Å². The molecule has 1 N–H and O–H groups in total. The van der Waals surface area contributed by atoms with E-state index < -0.39 is 10.0 Å². The number of nitrogens with zero attached hydrogens (tertiary/aromatic N) is 3. The summed E-state index contributed by atoms with van der Waals surface area (Å²) in [4.78, 5) is 0. The predicted octanol–water partition coefficient (Wildman–Crippen LogP) is 1.15. The zero-order chi connectivity index (χ0) is 14.2. The van der Waals surface area contributed by atoms with E-state index in [9.17, 15) is 8.42 Å². The van der Waals surface area contributed by atoms with E-state index in [2.05, 4.69) is 14.9 Å². The number of sulfonamides is 1. The average Bonchev–Trinajstić information content (AvgIpc) is 3.11. The molecular weight excluding hydrogens is 276 g/mol. The molecule has 0 amide bonds. The minimum absolute atomic E-state index is 0.233. The first kappa shape index (κ1) is 14.0. The Hall–Kier alpha value is -0.950. The Labute approximate surface area is 120 Å². The zero-order valence-electron chi connectivity index (χ0n) is 11.8. The number of rotatable bonds is 6. The lowest BCUT2D eigenvalue weighted by Gasteiger charge is -2.21. The van der Waals surface area contributed by atoms with E-state index in [0.29, 0.717) is 17.7 Å². The molecule has 0 aliphatic heterocycles. The smallest absolute Gasteiger partial charge is 0.212 e. The van der Waals surface area contributed by atoms with Gasteiger partial charge in [-0.15, -0.1) is 10.2 Å². The fourth-order valence-electron chi connectivity index (χ4n) is 3.78. The molecule has 3 atom stereocenters. The third-order valence-corrected chi connectivity index (χ3v) is 6.26. The summed E-state index contributed by atoms with van der Waals surface area (Å²) in [5.74, 6) is 2.72. The molecule has 20 heavy (non-hydrogen) atoms. The van der Waals surface area contributed by atoms with E-state index in [1.807, 2.05) is 11.5 Å². The first-order valence-corrected chi connectivity index (χ1v) is 9.06. The highest BCUT2D eigenvalue weighted by atomic mass is 32.2. The van der Waals surface area contributed by atoms with E-state index in [-0.39, 0.29) is 12.3 Å². The van der Waals surface area contributed by atoms with Crippen molar-refractivity contribution in [2.45, 2.75) is 45.7 Å². The van der Waals surface area contributed by atoms with Crippen molar-refractivity contribution in [3.63, 3.8) is 0 Å². The van der Waals surface area contributed by atoms with Crippen LogP contribution in [0.4, 0.5) is 0 Å². The van der Waals surface area contributed by atoms with Gasteiger partial charge < -0.3 is 4.57 Å². The summed E-state index contributed by atoms with van der Waals surface area (Å²) in [7, 11) is -3.22. The molecule has 0 aromatic carbocycles. The minimum Gasteiger partial charge on any atom is -0.317 e. The Bertz CT molecular complexity index is 569. The van der Waals surface area contributed by atoms with Crippen LogP contribution in [0.25, 0.3) is 0 Å². The number of hydrogen-bond acceptors (Lipinski definition) is 4. The van der Waals surface area contributed by atoms with Crippen LogP contribution in [0.15, 0.2) is 6.33 Å². The lowest BCUT2D eigenvalue weighted by Crippen LogP contribution is -2.32. The Morgan fingerprint density at radius 3 is 2.90 bits per heavy atom. The minimum atomic E-state index is -3.22. The van der Waals surface area contributed by atoms with Crippen LogP contribution in [0, 0.1) is 17.8 Å². The van der Waals surface area contributed by atoms with E-state index in [1.54, 1.807) is 6.33 Å². The molecule has 2 aliphatic rings. The Morgan fingerprint density at radius 2 is 2.25 bits per heavy atom. The molecule has 7 heteroatoms. The highest BCUT2D eigenvalue weighted by molar-refractivity contribution is 7.89. The monoisotopic (exact) mass is 298 g/mol. The fourth-order valence-corrected chi connectivity index (χ4v) is 5.21. The van der Waals surface area contributed by atoms with Crippen LogP contribution in [0.3, 0.4) is 0 Å². The summed E-state index contributed by atoms with van der Waals surface area (Å²) in [5, 5.41) is 7.75. The van der Waals surface area contributed by atoms with E-state index in [1.165, 1.54) is 19.3 Å². The van der Waals surface area contributed by atoms with Crippen molar-refractivity contribution in [3.05, 3.63) is 12.2 Å². The normalized spacial score (nSPS) is 29.1. The fraction of sp³-hybridized carbons (Fsp3) is 0.846. The zero-order valence-corrected chi connectivity index (χ0v) is 12.6. The maximum atomic E-state index is 12.2. The molecule has 1 heterocycles. The predicted molar refractivity (Wildman–Crippen MR) is 75.3 cm³/mol. The van der Waals surface area contributed by atoms with Crippen molar-refractivity contribution >= 4 is 10.0 Å². The van der Waals surface area contributed by atoms with Gasteiger partial charge in [-0.25, -0.2) is 13.1 Å². The van der Waals surface area contributed by atoms with Crippen LogP contribution in [-0.2, 0) is 23.1 Å². The van der Waals surface area contributed by atoms with Gasteiger partial charge in [-0.1, -0.05) is 6.42 Å². The second kappa shape index (κ2) is 5.44. The van der Waals surface area contributed by atoms with Crippen LogP contribution in [0.2, 0.25) is 0 Å². The topological polar surface area (TPSA) is 76.9 Å². The lowest BCUT2D eigenvalue weighted by atomic mass is 9.90. The van der Waals surface area contributed by atoms with Gasteiger partial charge >= 0.3 is 0 Å². The summed E-state index contributed by atoms with van der Waals surface area (Å²) in [6.45, 7) is 2.96. The first-order valence-electron chi connectivity index (χ1n) is 7.41. The summed E-state index contributed by atoms with van der Waals surface area (Å²) >= 11 is 0. The summed E-state index contributed by atoms with van der Waals surface area (Å²) in [6, 6.07) is 0. The van der Waals surface area contributed by atoms with Crippen molar-refractivity contribution in [2.24, 2.45) is 17.8 Å². The van der Waals surface area contributed by atoms with Crippen molar-refractivity contribution in [3.8, 4) is 0 Å². The molecule has 0 radical (unpaired) electrons. The van der Waals surface area contributed by atoms with Gasteiger partial charge in [0.25, 0.3) is 0 Å². The molecule has 112 valence electrons. The molecule has 2 saturated carbocycles. The second-order valence-electron chi connectivity index (χ2n) is 6.07. The van der Waals surface area contributed by atoms with Crippen LogP contribution in [-0.4, -0.2) is 28.9 Å². The molecule has 2 bridgehead atoms. The molecule has 2 fully saturated rings. The van der Waals surface area contributed by atoms with Crippen molar-refractivity contribution in [2.75, 3.05) is 5.75 Å². The quantitative estimate of drug-likeness (QED) is 0.855. The van der Waals surface area contributed by atoms with Crippen molar-refractivity contribution < 1.29 is 8.42 Å². The lowest BCUT2D eigenvalue weighted by molar-refractivity contribution is 0.359. The Morgan fingerprint density at radius 1 is 1.40 bits per heavy atom. The van der Waals surface area contributed by atoms with Gasteiger partial charge in [0.05, 0.1) is 12.3 Å². The number of hydrogen-bond donors (Lipinski definition) is 1. The number of aromatic nitrogens is 3. The summed E-state index contributed by atoms with van der Waals surface area (Å²) in [6.07, 6.45) is 6.48. The van der Waals surface area contributed by atoms with E-state index in [4.69, 9.17) is 0 Å². The maximum Gasteiger partial charge on any atom is 0.212 e. The third-order valence-electron chi connectivity index (χ3n) is 4.80. The van der Waals surface area contributed by atoms with Gasteiger partial charge in [0.2, 0.25) is 10.0 Å². The van der Waals surface area contributed by atoms with E-state index >= 15 is 0 Å². The molecule has 3 rings (SSSR count). The van der Waals surface area contributed by atoms with Gasteiger partial charge in [-0.3, -0.25) is 0 Å². The SMILES string of the molecule is CCn1cnnc1CNS(=O)(=O)CC1CC2CCC1C2. The molecular formula is C13H22N4O2S. The van der Waals surface area contributed by atoms with E-state index in [0.717, 1.165) is 18.9 Å². The number of fused-ring (bicyclic) bond motifs is 2. The van der Waals surface area contributed by atoms with Crippen LogP contribution in [0.1, 0.15) is 38.4 Å². The molecule has 1 aromatic rings. The van der Waals surface area contributed by atoms with Gasteiger partial charge in [0.15, 0.2) is 0 Å². The van der Waals surface area contributed by atoms with Gasteiger partial charge in [0, 0.05) is 6.54 Å². The largest absolute Gasteiger partial charge is 0.317 e. The van der Waals surface area contributed by atoms with Crippen molar-refractivity contribution in [1.29, 1.82) is 0 Å². The molecule has 3 unspecified atom stereocenters. The maximum absolute atomic E-state index is 12.2. The van der Waals surface area contributed by atoms with Crippen LogP contribution in [0.5, 0.6) is 0 Å². The molecule has 1 aromatic heterocycles. The number of nitrogens with one attached hydrogen (secondary N) is 1.